The Hall–Kier alpha value is -11.4. The number of nitrogens with zero attached hydrogens (tertiary/aromatic N) is 7. The minimum Gasteiger partial charge on any atom is -0.495 e. The maximum absolute atomic E-state index is 13.8. The van der Waals surface area contributed by atoms with Crippen molar-refractivity contribution < 1.29 is 52.9 Å². The van der Waals surface area contributed by atoms with Crippen LogP contribution in [-0.2, 0) is 68.8 Å². The van der Waals surface area contributed by atoms with Gasteiger partial charge in [0.2, 0.25) is 41.4 Å². The molecule has 6 heterocycles. The molecule has 2 aliphatic heterocycles. The number of nitrogens with two attached hydrogens (primary N) is 2. The fourth-order valence-electron chi connectivity index (χ4n) is 13.3. The topological polar surface area (TPSA) is 406 Å². The molecule has 1 saturated carbocycles. The number of pyridine rings is 1. The largest absolute Gasteiger partial charge is 0.495 e. The van der Waals surface area contributed by atoms with E-state index >= 15 is 0 Å². The summed E-state index contributed by atoms with van der Waals surface area (Å²) < 4.78 is 22.9. The Balaban J connectivity index is 0.772. The summed E-state index contributed by atoms with van der Waals surface area (Å²) in [6, 6.07) is 32.0. The van der Waals surface area contributed by atoms with Crippen LogP contribution in [0, 0.1) is 17.8 Å². The lowest BCUT2D eigenvalue weighted by Crippen LogP contribution is -2.55. The zero-order valence-corrected chi connectivity index (χ0v) is 58.6. The number of nitrogens with one attached hydrogen (secondary N) is 7. The Morgan fingerprint density at radius 2 is 1.53 bits per heavy atom. The van der Waals surface area contributed by atoms with Crippen molar-refractivity contribution in [3.05, 3.63) is 181 Å². The number of primary amides is 1. The molecule has 3 aliphatic rings. The lowest BCUT2D eigenvalue weighted by molar-refractivity contribution is -0.142. The fourth-order valence-corrected chi connectivity index (χ4v) is 13.3. The second-order valence-corrected chi connectivity index (χ2v) is 26.7. The number of aromatic nitrogens is 6. The van der Waals surface area contributed by atoms with Gasteiger partial charge in [0.15, 0.2) is 5.60 Å². The van der Waals surface area contributed by atoms with E-state index in [0.29, 0.717) is 59.0 Å². The summed E-state index contributed by atoms with van der Waals surface area (Å²) in [7, 11) is 3.15. The van der Waals surface area contributed by atoms with Crippen LogP contribution in [0.25, 0.3) is 38.6 Å². The van der Waals surface area contributed by atoms with Crippen molar-refractivity contribution in [3.63, 3.8) is 0 Å². The Morgan fingerprint density at radius 1 is 0.800 bits per heavy atom. The molecule has 0 radical (unpaired) electrons. The number of piperidine rings is 2. The van der Waals surface area contributed by atoms with Gasteiger partial charge in [-0.05, 0) is 98.5 Å². The number of carbonyl (C=O) groups is 7. The predicted octanol–water partition coefficient (Wildman–Crippen LogP) is 1.73. The normalized spacial score (nSPS) is 15.7. The number of methoxy groups -OCH3 is 1. The number of aromatic amines is 1. The first-order valence-corrected chi connectivity index (χ1v) is 34.8. The van der Waals surface area contributed by atoms with E-state index in [2.05, 4.69) is 65.4 Å². The number of carbonyl (C=O) groups excluding carboxylic acids is 6. The predicted molar refractivity (Wildman–Crippen MR) is 389 cm³/mol. The average Bonchev–Trinajstić information content (AvgIpc) is 1.58. The fraction of sp³-hybridized carbons (Fsp3) is 0.387. The van der Waals surface area contributed by atoms with Gasteiger partial charge in [0, 0.05) is 104 Å². The van der Waals surface area contributed by atoms with Crippen LogP contribution in [0.5, 0.6) is 5.75 Å². The molecule has 0 unspecified atom stereocenters. The molecule has 30 nitrogen and oxygen atoms in total. The minimum atomic E-state index is -1.38. The summed E-state index contributed by atoms with van der Waals surface area (Å²) in [5, 5.41) is 27.2. The molecule has 0 spiro atoms. The molecule has 3 atom stereocenters. The van der Waals surface area contributed by atoms with Crippen molar-refractivity contribution in [2.45, 2.75) is 101 Å². The molecular formula is C75H86N16O14. The van der Waals surface area contributed by atoms with Crippen LogP contribution < -0.4 is 69.8 Å². The quantitative estimate of drug-likeness (QED) is 0.0168. The van der Waals surface area contributed by atoms with Crippen molar-refractivity contribution in [1.82, 2.24) is 65.5 Å². The first-order valence-electron chi connectivity index (χ1n) is 34.8. The van der Waals surface area contributed by atoms with Crippen LogP contribution in [0.4, 0.5) is 5.95 Å². The third kappa shape index (κ3) is 18.5. The van der Waals surface area contributed by atoms with E-state index in [-0.39, 0.29) is 55.2 Å². The van der Waals surface area contributed by atoms with Gasteiger partial charge in [-0.25, -0.2) is 19.3 Å². The number of ether oxygens (including phenoxy) is 3. The SMILES string of the molecule is COc1ccc(C#CCNC2(C)CCN(C3CCN(c4nc([C@@](COCNC(=O)CNC(=O)[C@H](Cc5ccccc5)NC(=O)CNC(=O)CN)(OC5CC5)c5ccccc5)c5cc(-c6cn(C)c(=O)c7[nH]ccc67)ccc5n4)CC3)CC2)cc1-n1ccc(=O)n(CNC(=O)[C@@H](CC(N)=O)CC(=O)O)c1=O. The molecule has 550 valence electrons. The van der Waals surface area contributed by atoms with Crippen LogP contribution in [0.2, 0.25) is 0 Å². The molecule has 4 aromatic heterocycles. The lowest BCUT2D eigenvalue weighted by atomic mass is 9.87. The minimum absolute atomic E-state index is 0.109. The third-order valence-corrected chi connectivity index (χ3v) is 19.2. The summed E-state index contributed by atoms with van der Waals surface area (Å²) >= 11 is 0. The van der Waals surface area contributed by atoms with Crippen LogP contribution in [0.15, 0.2) is 142 Å². The van der Waals surface area contributed by atoms with E-state index in [4.69, 9.17) is 35.6 Å². The summed E-state index contributed by atoms with van der Waals surface area (Å²) in [4.78, 5) is 147. The molecule has 2 saturated heterocycles. The number of aryl methyl sites for hydroxylation is 1. The molecule has 11 rings (SSSR count). The summed E-state index contributed by atoms with van der Waals surface area (Å²) in [5.74, 6) is 0.477. The Kier molecular flexibility index (Phi) is 24.1. The number of fused-ring (bicyclic) bond motifs is 2. The first-order chi connectivity index (χ1) is 50.6. The van der Waals surface area contributed by atoms with Gasteiger partial charge in [-0.3, -0.25) is 47.7 Å². The molecule has 0 bridgehead atoms. The highest BCUT2D eigenvalue weighted by Gasteiger charge is 2.45. The number of carboxylic acids is 1. The van der Waals surface area contributed by atoms with Gasteiger partial charge in [-0.15, -0.1) is 0 Å². The van der Waals surface area contributed by atoms with Gasteiger partial charge in [-0.2, -0.15) is 0 Å². The number of amides is 6. The summed E-state index contributed by atoms with van der Waals surface area (Å²) in [5.41, 5.74) is 12.9. The maximum Gasteiger partial charge on any atom is 0.337 e. The maximum atomic E-state index is 13.8. The number of aliphatic carboxylic acids is 1. The van der Waals surface area contributed by atoms with Crippen LogP contribution in [0.1, 0.15) is 80.7 Å². The van der Waals surface area contributed by atoms with Gasteiger partial charge in [0.1, 0.15) is 30.7 Å². The van der Waals surface area contributed by atoms with E-state index < -0.39 is 103 Å². The number of carboxylic acid groups (broad SMARTS) is 1. The van der Waals surface area contributed by atoms with Gasteiger partial charge < -0.3 is 82.0 Å². The highest BCUT2D eigenvalue weighted by Crippen LogP contribution is 2.44. The molecular weight excluding hydrogens is 1350 g/mol. The monoisotopic (exact) mass is 1430 g/mol. The number of benzene rings is 4. The van der Waals surface area contributed by atoms with Crippen molar-refractivity contribution in [1.29, 1.82) is 0 Å². The third-order valence-electron chi connectivity index (χ3n) is 19.2. The Bertz CT molecular complexity index is 4760. The molecule has 8 aromatic rings. The van der Waals surface area contributed by atoms with E-state index in [1.807, 2.05) is 66.9 Å². The van der Waals surface area contributed by atoms with Gasteiger partial charge >= 0.3 is 11.7 Å². The molecule has 4 aromatic carbocycles. The molecule has 12 N–H and O–H groups in total. The molecule has 105 heavy (non-hydrogen) atoms. The standard InChI is InChI=1S/C75H86N16O14/c1-74(83-28-10-13-48-16-21-60(103-3)59(36-48)90-32-25-65(96)91(73(90)102)45-81-69(99)50(38-61(77)92)39-66(97)98)26-33-88(34-27-74)52-23-30-89(31-24-52)72-85-57-20-17-49(56-43-87(2)71(101)67-54(56)22-29-78-67)37-55(57)68(86-72)75(105-53-18-19-53,51-14-8-5-9-15-51)44-104-46-82-63(94)41-80-70(100)58(35-47-11-6-4-7-12-47)84-64(95)42-79-62(93)40-76/h4-9,11-12,14-17,20-22,25,29,32,36-37,43,50,52-53,58,78,83H,18-19,23-24,26-28,30-31,33-35,38-42,44-46,76H2,1-3H3,(H2,77,92)(H,79,93)(H,80,100)(H,81,99)(H,82,94)(H,84,95)(H,97,98)/t50-,58-,75-/m0/s1. The van der Waals surface area contributed by atoms with Gasteiger partial charge in [0.25, 0.3) is 11.1 Å². The van der Waals surface area contributed by atoms with Gasteiger partial charge in [0.05, 0.1) is 75.2 Å². The van der Waals surface area contributed by atoms with Gasteiger partial charge in [-0.1, -0.05) is 78.6 Å². The number of anilines is 1. The lowest BCUT2D eigenvalue weighted by Gasteiger charge is -2.45. The Labute approximate surface area is 603 Å². The van der Waals surface area contributed by atoms with Crippen molar-refractivity contribution in [2.24, 2.45) is 24.4 Å². The van der Waals surface area contributed by atoms with Crippen molar-refractivity contribution in [3.8, 4) is 34.4 Å². The van der Waals surface area contributed by atoms with Crippen LogP contribution in [-0.4, -0.2) is 177 Å². The molecule has 3 fully saturated rings. The van der Waals surface area contributed by atoms with E-state index in [9.17, 15) is 53.1 Å². The summed E-state index contributed by atoms with van der Waals surface area (Å²) in [6.45, 7) is 3.41. The number of rotatable bonds is 31. The van der Waals surface area contributed by atoms with E-state index in [1.165, 1.54) is 17.9 Å². The van der Waals surface area contributed by atoms with Crippen molar-refractivity contribution >= 4 is 69.2 Å². The van der Waals surface area contributed by atoms with Crippen LogP contribution in [0.3, 0.4) is 0 Å². The molecule has 30 heteroatoms. The number of hydrogen-bond donors (Lipinski definition) is 10. The smallest absolute Gasteiger partial charge is 0.337 e. The Morgan fingerprint density at radius 3 is 2.24 bits per heavy atom. The first kappa shape index (κ1) is 74.8. The highest BCUT2D eigenvalue weighted by molar-refractivity contribution is 5.98. The molecule has 1 aliphatic carbocycles. The van der Waals surface area contributed by atoms with E-state index in [0.717, 1.165) is 89.9 Å². The zero-order valence-electron chi connectivity index (χ0n) is 58.6. The van der Waals surface area contributed by atoms with Crippen molar-refractivity contribution in [2.75, 3.05) is 77.7 Å². The molecule has 6 amide bonds. The number of H-pyrrole nitrogens is 1. The zero-order chi connectivity index (χ0) is 74.4. The second kappa shape index (κ2) is 33.8. The number of hydrogen-bond acceptors (Lipinski definition) is 19. The van der Waals surface area contributed by atoms with E-state index in [1.54, 1.807) is 60.3 Å². The highest BCUT2D eigenvalue weighted by atomic mass is 16.6. The van der Waals surface area contributed by atoms with Crippen LogP contribution >= 0.6 is 0 Å². The number of likely N-dealkylation sites (tertiary alicyclic amines) is 1. The summed E-state index contributed by atoms with van der Waals surface area (Å²) in [6.07, 6.45) is 8.55. The average molecular weight is 1440 g/mol. The second-order valence-electron chi connectivity index (χ2n) is 26.7.